The van der Waals surface area contributed by atoms with Crippen LogP contribution in [-0.2, 0) is 4.79 Å². The third kappa shape index (κ3) is 5.67. The molecule has 0 amide bonds. The lowest BCUT2D eigenvalue weighted by molar-refractivity contribution is -0.135. The highest BCUT2D eigenvalue weighted by Crippen LogP contribution is 2.54. The minimum absolute atomic E-state index is 0.0835. The van der Waals surface area contributed by atoms with Crippen LogP contribution in [0.4, 0.5) is 0 Å². The number of carbonyl (C=O) groups is 1. The molecule has 0 spiro atoms. The van der Waals surface area contributed by atoms with Gasteiger partial charge in [-0.15, -0.1) is 0 Å². The summed E-state index contributed by atoms with van der Waals surface area (Å²) in [6.07, 6.45) is 0.775. The molecular weight excluding hydrogens is 473 g/mol. The monoisotopic (exact) mass is 507 g/mol. The summed E-state index contributed by atoms with van der Waals surface area (Å²) in [5, 5.41) is 32.1. The molecule has 7 heteroatoms. The molecule has 1 aliphatic heterocycles. The Morgan fingerprint density at radius 3 is 2.32 bits per heavy atom. The average Bonchev–Trinajstić information content (AvgIpc) is 2.79. The van der Waals surface area contributed by atoms with Gasteiger partial charge in [0.1, 0.15) is 6.29 Å². The Morgan fingerprint density at radius 1 is 1.12 bits per heavy atom. The number of carbonyl (C=O) groups excluding carboxylic acids is 1. The van der Waals surface area contributed by atoms with Crippen LogP contribution in [0.25, 0.3) is 0 Å². The van der Waals surface area contributed by atoms with Crippen molar-refractivity contribution in [2.24, 2.45) is 5.41 Å². The van der Waals surface area contributed by atoms with Gasteiger partial charge >= 0.3 is 0 Å². The molecule has 186 valence electrons. The molecule has 3 N–H and O–H groups in total. The zero-order valence-corrected chi connectivity index (χ0v) is 21.5. The van der Waals surface area contributed by atoms with E-state index in [-0.39, 0.29) is 31.0 Å². The molecule has 7 unspecified atom stereocenters. The van der Waals surface area contributed by atoms with Crippen molar-refractivity contribution in [3.05, 3.63) is 69.7 Å². The fraction of sp³-hybridized carbons (Fsp3) is 0.519. The molecule has 2 aromatic carbocycles. The Morgan fingerprint density at radius 2 is 1.79 bits per heavy atom. The van der Waals surface area contributed by atoms with Gasteiger partial charge in [-0.25, -0.2) is 0 Å². The third-order valence-corrected chi connectivity index (χ3v) is 7.80. The van der Waals surface area contributed by atoms with E-state index in [1.807, 2.05) is 62.4 Å². The van der Waals surface area contributed by atoms with Crippen molar-refractivity contribution in [1.29, 1.82) is 0 Å². The molecule has 0 aliphatic carbocycles. The van der Waals surface area contributed by atoms with Crippen LogP contribution in [0.3, 0.4) is 0 Å². The number of piperidine rings is 1. The summed E-state index contributed by atoms with van der Waals surface area (Å²) in [4.78, 5) is 14.8. The fourth-order valence-corrected chi connectivity index (χ4v) is 6.16. The molecule has 2 aromatic rings. The quantitative estimate of drug-likeness (QED) is 0.416. The molecule has 34 heavy (non-hydrogen) atoms. The normalized spacial score (nSPS) is 28.3. The van der Waals surface area contributed by atoms with Gasteiger partial charge in [0.05, 0.1) is 24.9 Å². The van der Waals surface area contributed by atoms with Crippen LogP contribution in [0.1, 0.15) is 63.1 Å². The predicted octanol–water partition coefficient (Wildman–Crippen LogP) is 5.00. The second kappa shape index (κ2) is 11.5. The first kappa shape index (κ1) is 27.1. The van der Waals surface area contributed by atoms with Crippen LogP contribution in [0.2, 0.25) is 10.0 Å². The number of hydrogen-bond donors (Lipinski definition) is 3. The van der Waals surface area contributed by atoms with Crippen molar-refractivity contribution >= 4 is 29.5 Å². The molecule has 7 atom stereocenters. The summed E-state index contributed by atoms with van der Waals surface area (Å²) in [5.41, 5.74) is 1.36. The topological polar surface area (TPSA) is 81.0 Å². The molecule has 1 aliphatic rings. The summed E-state index contributed by atoms with van der Waals surface area (Å²) in [5.74, 6) is -0.0835. The summed E-state index contributed by atoms with van der Waals surface area (Å²) >= 11 is 12.6. The molecule has 0 radical (unpaired) electrons. The maximum absolute atomic E-state index is 12.7. The van der Waals surface area contributed by atoms with E-state index >= 15 is 0 Å². The van der Waals surface area contributed by atoms with Gasteiger partial charge in [-0.1, -0.05) is 61.3 Å². The van der Waals surface area contributed by atoms with E-state index in [1.165, 1.54) is 0 Å². The van der Waals surface area contributed by atoms with Crippen LogP contribution >= 0.6 is 23.2 Å². The highest BCUT2D eigenvalue weighted by Gasteiger charge is 2.53. The lowest BCUT2D eigenvalue weighted by Crippen LogP contribution is -2.61. The van der Waals surface area contributed by atoms with Gasteiger partial charge < -0.3 is 20.1 Å². The molecule has 3 rings (SSSR count). The summed E-state index contributed by atoms with van der Waals surface area (Å²) in [6.45, 7) is 5.36. The van der Waals surface area contributed by atoms with Crippen molar-refractivity contribution in [2.75, 3.05) is 6.61 Å². The van der Waals surface area contributed by atoms with Crippen molar-refractivity contribution in [1.82, 2.24) is 4.90 Å². The zero-order valence-electron chi connectivity index (χ0n) is 19.9. The Bertz CT molecular complexity index is 954. The van der Waals surface area contributed by atoms with Crippen molar-refractivity contribution in [3.63, 3.8) is 0 Å². The van der Waals surface area contributed by atoms with E-state index in [1.54, 1.807) is 6.92 Å². The number of aldehydes is 1. The number of hydrogen-bond acceptors (Lipinski definition) is 5. The molecular formula is C27H35Cl2NO4. The van der Waals surface area contributed by atoms with Crippen molar-refractivity contribution in [3.8, 4) is 0 Å². The Balaban J connectivity index is 2.26. The predicted molar refractivity (Wildman–Crippen MR) is 136 cm³/mol. The maximum Gasteiger partial charge on any atom is 0.137 e. The molecule has 0 bridgehead atoms. The van der Waals surface area contributed by atoms with Gasteiger partial charge in [-0.2, -0.15) is 0 Å². The third-order valence-electron chi connectivity index (χ3n) is 7.31. The highest BCUT2D eigenvalue weighted by molar-refractivity contribution is 6.30. The molecule has 0 aromatic heterocycles. The van der Waals surface area contributed by atoms with E-state index < -0.39 is 23.7 Å². The molecule has 1 saturated heterocycles. The number of rotatable bonds is 9. The number of aliphatic hydroxyl groups excluding tert-OH is 3. The number of aliphatic hydroxyl groups is 3. The van der Waals surface area contributed by atoms with Crippen LogP contribution < -0.4 is 0 Å². The number of nitrogens with zero attached hydrogens (tertiary/aromatic N) is 1. The van der Waals surface area contributed by atoms with E-state index in [0.29, 0.717) is 22.9 Å². The van der Waals surface area contributed by atoms with Crippen molar-refractivity contribution in [2.45, 2.75) is 76.3 Å². The molecule has 1 heterocycles. The van der Waals surface area contributed by atoms with Crippen molar-refractivity contribution < 1.29 is 20.1 Å². The standard InChI is InChI=1S/C27H35Cl2NO4/c1-4-24(17(2)33)30-25(16-32)27(3,13-22(34)15-31)14-23(19-6-5-7-21(29)12-19)26(30)18-8-10-20(28)11-9-18/h5-12,16-17,22-26,31,33-34H,4,13-15H2,1-3H3. The fourth-order valence-electron chi connectivity index (χ4n) is 5.83. The van der Waals surface area contributed by atoms with Crippen LogP contribution in [-0.4, -0.2) is 57.4 Å². The summed E-state index contributed by atoms with van der Waals surface area (Å²) in [6, 6.07) is 14.2. The van der Waals surface area contributed by atoms with Gasteiger partial charge in [-0.05, 0) is 67.0 Å². The van der Waals surface area contributed by atoms with Gasteiger partial charge in [0, 0.05) is 28.0 Å². The van der Waals surface area contributed by atoms with Gasteiger partial charge in [-0.3, -0.25) is 4.90 Å². The lowest BCUT2D eigenvalue weighted by atomic mass is 9.62. The van der Waals surface area contributed by atoms with Crippen LogP contribution in [0, 0.1) is 5.41 Å². The smallest absolute Gasteiger partial charge is 0.137 e. The van der Waals surface area contributed by atoms with Gasteiger partial charge in [0.25, 0.3) is 0 Å². The first-order valence-electron chi connectivity index (χ1n) is 11.9. The maximum atomic E-state index is 12.7. The number of benzene rings is 2. The number of likely N-dealkylation sites (tertiary alicyclic amines) is 1. The van der Waals surface area contributed by atoms with Crippen LogP contribution in [0.15, 0.2) is 48.5 Å². The van der Waals surface area contributed by atoms with Crippen LogP contribution in [0.5, 0.6) is 0 Å². The van der Waals surface area contributed by atoms with Gasteiger partial charge in [0.2, 0.25) is 0 Å². The Labute approximate surface area is 212 Å². The van der Waals surface area contributed by atoms with E-state index in [4.69, 9.17) is 23.2 Å². The lowest BCUT2D eigenvalue weighted by Gasteiger charge is -2.57. The van der Waals surface area contributed by atoms with E-state index in [2.05, 4.69) is 4.90 Å². The van der Waals surface area contributed by atoms with Gasteiger partial charge in [0.15, 0.2) is 0 Å². The SMILES string of the molecule is CCC(C(C)O)N1C(c2ccc(Cl)cc2)C(c2cccc(Cl)c2)CC(C)(CC(O)CO)C1C=O. The van der Waals surface area contributed by atoms with E-state index in [0.717, 1.165) is 17.4 Å². The Kier molecular flexibility index (Phi) is 9.18. The zero-order chi connectivity index (χ0) is 25.0. The molecule has 1 fully saturated rings. The second-order valence-electron chi connectivity index (χ2n) is 9.80. The Hall–Kier alpha value is -1.47. The summed E-state index contributed by atoms with van der Waals surface area (Å²) in [7, 11) is 0. The molecule has 0 saturated carbocycles. The first-order chi connectivity index (χ1) is 16.1. The molecule has 5 nitrogen and oxygen atoms in total. The number of halogens is 2. The minimum atomic E-state index is -0.951. The minimum Gasteiger partial charge on any atom is -0.394 e. The summed E-state index contributed by atoms with van der Waals surface area (Å²) < 4.78 is 0. The van der Waals surface area contributed by atoms with E-state index in [9.17, 15) is 20.1 Å². The average molecular weight is 508 g/mol. The highest BCUT2D eigenvalue weighted by atomic mass is 35.5. The first-order valence-corrected chi connectivity index (χ1v) is 12.6. The second-order valence-corrected chi connectivity index (χ2v) is 10.7. The largest absolute Gasteiger partial charge is 0.394 e.